The van der Waals surface area contributed by atoms with Crippen LogP contribution in [0.2, 0.25) is 0 Å². The number of nitrogens with one attached hydrogen (secondary N) is 1. The van der Waals surface area contributed by atoms with E-state index in [9.17, 15) is 28.1 Å². The quantitative estimate of drug-likeness (QED) is 0.672. The van der Waals surface area contributed by atoms with Gasteiger partial charge in [-0.15, -0.1) is 13.2 Å². The van der Waals surface area contributed by atoms with Crippen molar-refractivity contribution in [2.24, 2.45) is 0 Å². The van der Waals surface area contributed by atoms with Crippen LogP contribution in [0.3, 0.4) is 0 Å². The number of aromatic nitrogens is 1. The molecule has 19 heavy (non-hydrogen) atoms. The Labute approximate surface area is 102 Å². The van der Waals surface area contributed by atoms with Crippen LogP contribution in [0, 0.1) is 10.1 Å². The Bertz CT molecular complexity index is 708. The molecule has 0 amide bonds. The molecule has 9 heteroatoms. The third kappa shape index (κ3) is 2.81. The zero-order valence-corrected chi connectivity index (χ0v) is 9.02. The molecule has 0 bridgehead atoms. The molecule has 0 atom stereocenters. The predicted molar refractivity (Wildman–Crippen MR) is 57.9 cm³/mol. The molecule has 0 aliphatic carbocycles. The lowest BCUT2D eigenvalue weighted by Crippen LogP contribution is -2.17. The van der Waals surface area contributed by atoms with Gasteiger partial charge >= 0.3 is 6.36 Å². The Hall–Kier alpha value is -2.58. The number of nitrogens with zero attached hydrogens (tertiary/aromatic N) is 1. The van der Waals surface area contributed by atoms with Crippen LogP contribution in [0.15, 0.2) is 29.1 Å². The number of pyridine rings is 1. The normalized spacial score (nSPS) is 11.5. The van der Waals surface area contributed by atoms with Gasteiger partial charge in [-0.05, 0) is 12.1 Å². The van der Waals surface area contributed by atoms with Gasteiger partial charge in [-0.3, -0.25) is 14.9 Å². The molecule has 0 unspecified atom stereocenters. The van der Waals surface area contributed by atoms with Gasteiger partial charge in [0.15, 0.2) is 0 Å². The molecule has 0 aliphatic rings. The topological polar surface area (TPSA) is 85.2 Å². The van der Waals surface area contributed by atoms with Gasteiger partial charge in [-0.2, -0.15) is 0 Å². The maximum atomic E-state index is 12.1. The molecule has 1 aromatic heterocycles. The highest BCUT2D eigenvalue weighted by atomic mass is 19.4. The fourth-order valence-electron chi connectivity index (χ4n) is 1.56. The van der Waals surface area contributed by atoms with Gasteiger partial charge in [0.2, 0.25) is 5.56 Å². The Kier molecular flexibility index (Phi) is 2.89. The molecule has 2 rings (SSSR count). The number of ether oxygens (including phenoxy) is 1. The number of non-ortho nitro benzene ring substituents is 1. The molecule has 100 valence electrons. The van der Waals surface area contributed by atoms with Gasteiger partial charge < -0.3 is 9.72 Å². The summed E-state index contributed by atoms with van der Waals surface area (Å²) >= 11 is 0. The third-order valence-electron chi connectivity index (χ3n) is 2.21. The molecule has 1 N–H and O–H groups in total. The number of rotatable bonds is 2. The van der Waals surface area contributed by atoms with Crippen molar-refractivity contribution >= 4 is 16.6 Å². The maximum Gasteiger partial charge on any atom is 0.573 e. The summed E-state index contributed by atoms with van der Waals surface area (Å²) in [5.74, 6) is -0.723. The molecule has 0 fully saturated rings. The molecule has 2 aromatic rings. The number of H-pyrrole nitrogens is 1. The first-order valence-corrected chi connectivity index (χ1v) is 4.83. The van der Waals surface area contributed by atoms with E-state index >= 15 is 0 Å². The van der Waals surface area contributed by atoms with Gasteiger partial charge in [0.25, 0.3) is 5.69 Å². The van der Waals surface area contributed by atoms with E-state index in [-0.39, 0.29) is 10.9 Å². The highest BCUT2D eigenvalue weighted by Crippen LogP contribution is 2.31. The average Bonchev–Trinajstić information content (AvgIpc) is 2.26. The standard InChI is InChI=1S/C10H5F3N2O4/c11-10(12,13)19-6-3-5-1-2-8(16)14-9(5)7(4-6)15(17)18/h1-4H,(H,14,16). The summed E-state index contributed by atoms with van der Waals surface area (Å²) in [6, 6.07) is 3.77. The van der Waals surface area contributed by atoms with Crippen LogP contribution >= 0.6 is 0 Å². The maximum absolute atomic E-state index is 12.1. The summed E-state index contributed by atoms with van der Waals surface area (Å²) in [5.41, 5.74) is -1.43. The highest BCUT2D eigenvalue weighted by molar-refractivity contribution is 5.88. The summed E-state index contributed by atoms with van der Waals surface area (Å²) in [4.78, 5) is 23.2. The zero-order chi connectivity index (χ0) is 14.2. The van der Waals surface area contributed by atoms with Crippen molar-refractivity contribution in [2.75, 3.05) is 0 Å². The first-order chi connectivity index (χ1) is 8.76. The minimum absolute atomic E-state index is 0.0630. The summed E-state index contributed by atoms with van der Waals surface area (Å²) in [6.45, 7) is 0. The number of aromatic amines is 1. The second kappa shape index (κ2) is 4.26. The van der Waals surface area contributed by atoms with E-state index in [2.05, 4.69) is 9.72 Å². The first kappa shape index (κ1) is 12.9. The van der Waals surface area contributed by atoms with Crippen molar-refractivity contribution in [1.82, 2.24) is 4.98 Å². The van der Waals surface area contributed by atoms with Crippen molar-refractivity contribution < 1.29 is 22.8 Å². The van der Waals surface area contributed by atoms with Gasteiger partial charge in [0.1, 0.15) is 11.3 Å². The van der Waals surface area contributed by atoms with Crippen molar-refractivity contribution in [3.05, 3.63) is 44.7 Å². The number of nitro benzene ring substituents is 1. The van der Waals surface area contributed by atoms with E-state index in [4.69, 9.17) is 0 Å². The summed E-state index contributed by atoms with van der Waals surface area (Å²) in [6.07, 6.45) is -4.95. The lowest BCUT2D eigenvalue weighted by atomic mass is 10.2. The number of fused-ring (bicyclic) bond motifs is 1. The SMILES string of the molecule is O=c1ccc2cc(OC(F)(F)F)cc([N+](=O)[O-])c2[nH]1. The van der Waals surface area contributed by atoms with Crippen LogP contribution in [0.25, 0.3) is 10.9 Å². The van der Waals surface area contributed by atoms with Gasteiger partial charge in [-0.1, -0.05) is 0 Å². The summed E-state index contributed by atoms with van der Waals surface area (Å²) in [7, 11) is 0. The number of hydrogen-bond donors (Lipinski definition) is 1. The number of alkyl halides is 3. The molecule has 0 aliphatic heterocycles. The fourth-order valence-corrected chi connectivity index (χ4v) is 1.56. The van der Waals surface area contributed by atoms with Gasteiger partial charge in [0.05, 0.1) is 11.0 Å². The predicted octanol–water partition coefficient (Wildman–Crippen LogP) is 2.33. The van der Waals surface area contributed by atoms with Crippen molar-refractivity contribution in [3.8, 4) is 5.75 Å². The fraction of sp³-hybridized carbons (Fsp3) is 0.100. The lowest BCUT2D eigenvalue weighted by Gasteiger charge is -2.09. The van der Waals surface area contributed by atoms with Crippen LogP contribution in [0.4, 0.5) is 18.9 Å². The van der Waals surface area contributed by atoms with Gasteiger partial charge in [0, 0.05) is 11.5 Å². The monoisotopic (exact) mass is 274 g/mol. The molecular formula is C10H5F3N2O4. The zero-order valence-electron chi connectivity index (χ0n) is 9.02. The Morgan fingerprint density at radius 3 is 2.53 bits per heavy atom. The van der Waals surface area contributed by atoms with E-state index in [0.29, 0.717) is 6.07 Å². The van der Waals surface area contributed by atoms with E-state index in [1.807, 2.05) is 0 Å². The number of hydrogen-bond acceptors (Lipinski definition) is 4. The van der Waals surface area contributed by atoms with Crippen LogP contribution in [-0.2, 0) is 0 Å². The van der Waals surface area contributed by atoms with E-state index < -0.39 is 28.3 Å². The van der Waals surface area contributed by atoms with E-state index in [1.165, 1.54) is 6.07 Å². The van der Waals surface area contributed by atoms with Crippen LogP contribution in [0.1, 0.15) is 0 Å². The van der Waals surface area contributed by atoms with Crippen molar-refractivity contribution in [2.45, 2.75) is 6.36 Å². The largest absolute Gasteiger partial charge is 0.573 e. The average molecular weight is 274 g/mol. The number of benzene rings is 1. The van der Waals surface area contributed by atoms with Crippen molar-refractivity contribution in [3.63, 3.8) is 0 Å². The molecule has 6 nitrogen and oxygen atoms in total. The third-order valence-corrected chi connectivity index (χ3v) is 2.21. The van der Waals surface area contributed by atoms with Crippen molar-refractivity contribution in [1.29, 1.82) is 0 Å². The molecule has 0 saturated heterocycles. The Morgan fingerprint density at radius 2 is 1.95 bits per heavy atom. The minimum Gasteiger partial charge on any atom is -0.406 e. The number of nitro groups is 1. The second-order valence-corrected chi connectivity index (χ2v) is 3.53. The van der Waals surface area contributed by atoms with Gasteiger partial charge in [-0.25, -0.2) is 0 Å². The minimum atomic E-state index is -4.95. The number of halogens is 3. The van der Waals surface area contributed by atoms with Crippen LogP contribution in [-0.4, -0.2) is 16.3 Å². The smallest absolute Gasteiger partial charge is 0.406 e. The second-order valence-electron chi connectivity index (χ2n) is 3.53. The molecular weight excluding hydrogens is 269 g/mol. The van der Waals surface area contributed by atoms with E-state index in [0.717, 1.165) is 12.1 Å². The van der Waals surface area contributed by atoms with Crippen LogP contribution < -0.4 is 10.3 Å². The highest BCUT2D eigenvalue weighted by Gasteiger charge is 2.32. The molecule has 1 aromatic carbocycles. The molecule has 0 radical (unpaired) electrons. The lowest BCUT2D eigenvalue weighted by molar-refractivity contribution is -0.383. The molecule has 1 heterocycles. The molecule has 0 spiro atoms. The Balaban J connectivity index is 2.68. The summed E-state index contributed by atoms with van der Waals surface area (Å²) < 4.78 is 39.9. The summed E-state index contributed by atoms with van der Waals surface area (Å²) in [5, 5.41) is 10.9. The van der Waals surface area contributed by atoms with Crippen LogP contribution in [0.5, 0.6) is 5.75 Å². The first-order valence-electron chi connectivity index (χ1n) is 4.83. The Morgan fingerprint density at radius 1 is 1.26 bits per heavy atom. The molecule has 0 saturated carbocycles. The van der Waals surface area contributed by atoms with E-state index in [1.54, 1.807) is 0 Å².